The first kappa shape index (κ1) is 35.7. The molecule has 1 aliphatic carbocycles. The molecule has 43 heavy (non-hydrogen) atoms. The van der Waals surface area contributed by atoms with Gasteiger partial charge in [0.1, 0.15) is 0 Å². The van der Waals surface area contributed by atoms with Crippen LogP contribution in [-0.2, 0) is 37.8 Å². The molecule has 1 heterocycles. The average Bonchev–Trinajstić information content (AvgIpc) is 3.12. The summed E-state index contributed by atoms with van der Waals surface area (Å²) in [7, 11) is -2.65. The average molecular weight is 693 g/mol. The quantitative estimate of drug-likeness (QED) is 0.296. The van der Waals surface area contributed by atoms with Crippen molar-refractivity contribution in [2.75, 3.05) is 0 Å². The molecule has 0 amide bonds. The fourth-order valence-electron chi connectivity index (χ4n) is 6.56. The zero-order chi connectivity index (χ0) is 32.1. The number of fused-ring (bicyclic) bond motifs is 1. The molecule has 2 N–H and O–H groups in total. The molecule has 1 fully saturated rings. The van der Waals surface area contributed by atoms with Crippen molar-refractivity contribution < 1.29 is 25.7 Å². The Hall–Kier alpha value is -0.112. The van der Waals surface area contributed by atoms with Crippen LogP contribution in [0.5, 0.6) is 11.5 Å². The molecule has 0 saturated heterocycles. The number of aromatic hydroxyl groups is 2. The van der Waals surface area contributed by atoms with Crippen LogP contribution in [0.25, 0.3) is 0 Å². The third-order valence-corrected chi connectivity index (χ3v) is 29.4. The van der Waals surface area contributed by atoms with Gasteiger partial charge in [-0.05, 0) is 0 Å². The van der Waals surface area contributed by atoms with Crippen molar-refractivity contribution in [2.24, 2.45) is 0 Å². The standard InChI is InChI=1S/C36H60O2S2Si2.Ti/c1-35(2,3)27-19-25(33(37)31(21-27)41(7,8)9)23-39-29-17-15-13-14-16-18-30(29)40-24-26-20-28(36(4,5)6)22-32(34(26)38)42(10,11)12;/h19-22,29-30,37-38H,13-18,23-24H2,1-12H3;/t29-,30?;/m0./s1. The van der Waals surface area contributed by atoms with E-state index < -0.39 is 16.1 Å². The zero-order valence-corrected chi connectivity index (χ0v) is 34.5. The summed E-state index contributed by atoms with van der Waals surface area (Å²) in [4.78, 5) is 0. The van der Waals surface area contributed by atoms with Crippen LogP contribution in [0.3, 0.4) is 0 Å². The monoisotopic (exact) mass is 692 g/mol. The molecule has 2 aromatic rings. The Morgan fingerprint density at radius 2 is 0.977 bits per heavy atom. The van der Waals surface area contributed by atoms with Crippen LogP contribution in [-0.4, -0.2) is 36.9 Å². The Morgan fingerprint density at radius 3 is 1.28 bits per heavy atom. The van der Waals surface area contributed by atoms with E-state index in [0.29, 0.717) is 27.4 Å². The Labute approximate surface area is 276 Å². The molecule has 3 unspecified atom stereocenters. The van der Waals surface area contributed by atoms with Crippen LogP contribution in [0.1, 0.15) is 102 Å². The predicted molar refractivity (Wildman–Crippen MR) is 197 cm³/mol. The second kappa shape index (κ2) is 13.2. The SMILES string of the molecule is CC(C)(C)c1cc(C[S]2=[Ti]=[S](Cc3cc(C(C)(C)C)cc([Si](C)(C)C)c3O)[C@H]3CCCCCCC32)c(O)c([Si](C)(C)C)c1. The normalized spacial score (nSPS) is 23.6. The van der Waals surface area contributed by atoms with Crippen molar-refractivity contribution in [3.05, 3.63) is 46.5 Å². The van der Waals surface area contributed by atoms with E-state index in [0.717, 1.165) is 22.0 Å². The summed E-state index contributed by atoms with van der Waals surface area (Å²) in [5.74, 6) is 3.39. The molecule has 0 radical (unpaired) electrons. The summed E-state index contributed by atoms with van der Waals surface area (Å²) >= 11 is -0.221. The fourth-order valence-corrected chi connectivity index (χ4v) is 30.3. The summed E-state index contributed by atoms with van der Waals surface area (Å²) < 4.78 is 0. The van der Waals surface area contributed by atoms with Gasteiger partial charge in [-0.3, -0.25) is 0 Å². The van der Waals surface area contributed by atoms with E-state index >= 15 is 0 Å². The first-order valence-electron chi connectivity index (χ1n) is 16.6. The number of benzene rings is 2. The van der Waals surface area contributed by atoms with E-state index in [2.05, 4.69) is 105 Å². The minimum atomic E-state index is -1.70. The van der Waals surface area contributed by atoms with Crippen LogP contribution >= 0.6 is 15.9 Å². The van der Waals surface area contributed by atoms with Crippen molar-refractivity contribution in [1.82, 2.24) is 0 Å². The van der Waals surface area contributed by atoms with Crippen molar-refractivity contribution in [2.45, 2.75) is 152 Å². The van der Waals surface area contributed by atoms with E-state index in [9.17, 15) is 10.2 Å². The van der Waals surface area contributed by atoms with Crippen molar-refractivity contribution in [3.8, 4) is 11.5 Å². The number of hydrogen-bond acceptors (Lipinski definition) is 2. The molecule has 0 spiro atoms. The van der Waals surface area contributed by atoms with Gasteiger partial charge in [0.15, 0.2) is 0 Å². The third-order valence-electron chi connectivity index (χ3n) is 9.43. The molecule has 0 aromatic heterocycles. The van der Waals surface area contributed by atoms with E-state index in [1.165, 1.54) is 71.2 Å². The second-order valence-electron chi connectivity index (χ2n) is 17.4. The van der Waals surface area contributed by atoms with Crippen molar-refractivity contribution >= 4 is 42.5 Å². The van der Waals surface area contributed by atoms with Crippen LogP contribution in [0.2, 0.25) is 39.3 Å². The number of hydrogen-bond donors (Lipinski definition) is 2. The first-order valence-corrected chi connectivity index (χ1v) is 30.3. The third kappa shape index (κ3) is 8.44. The van der Waals surface area contributed by atoms with Gasteiger partial charge in [-0.15, -0.1) is 0 Å². The molecule has 1 aliphatic heterocycles. The molecule has 1 saturated carbocycles. The van der Waals surface area contributed by atoms with Gasteiger partial charge in [-0.2, -0.15) is 0 Å². The maximum atomic E-state index is 11.7. The van der Waals surface area contributed by atoms with Gasteiger partial charge in [-0.25, -0.2) is 0 Å². The molecule has 2 aromatic carbocycles. The summed E-state index contributed by atoms with van der Waals surface area (Å²) in [5, 5.41) is 27.6. The van der Waals surface area contributed by atoms with E-state index in [-0.39, 0.29) is 26.3 Å². The minimum absolute atomic E-state index is 0.0721. The van der Waals surface area contributed by atoms with Crippen LogP contribution < -0.4 is 10.4 Å². The Balaban J connectivity index is 1.86. The van der Waals surface area contributed by atoms with Gasteiger partial charge in [0.25, 0.3) is 0 Å². The molecular formula is C36H60O2S2Si2Ti. The number of rotatable bonds is 6. The molecule has 4 rings (SSSR count). The number of phenolic OH excluding ortho intramolecular Hbond substituents is 2. The van der Waals surface area contributed by atoms with E-state index in [1.54, 1.807) is 0 Å². The molecular weight excluding hydrogens is 633 g/mol. The van der Waals surface area contributed by atoms with Crippen molar-refractivity contribution in [3.63, 3.8) is 0 Å². The zero-order valence-electron chi connectivity index (χ0n) is 29.3. The summed E-state index contributed by atoms with van der Waals surface area (Å²) in [5.41, 5.74) is 5.39. The van der Waals surface area contributed by atoms with Gasteiger partial charge in [0.2, 0.25) is 0 Å². The Kier molecular flexibility index (Phi) is 11.0. The second-order valence-corrected chi connectivity index (χ2v) is 38.9. The van der Waals surface area contributed by atoms with Gasteiger partial charge >= 0.3 is 278 Å². The summed E-state index contributed by atoms with van der Waals surface area (Å²) in [6.07, 6.45) is 8.24. The van der Waals surface area contributed by atoms with E-state index in [1.807, 2.05) is 0 Å². The predicted octanol–water partition coefficient (Wildman–Crippen LogP) is 10.0. The van der Waals surface area contributed by atoms with Crippen LogP contribution in [0.4, 0.5) is 0 Å². The molecule has 2 aliphatic rings. The van der Waals surface area contributed by atoms with Crippen molar-refractivity contribution in [1.29, 1.82) is 0 Å². The molecule has 4 atom stereocenters. The molecule has 240 valence electrons. The van der Waals surface area contributed by atoms with Gasteiger partial charge in [0.05, 0.1) is 0 Å². The molecule has 0 bridgehead atoms. The fraction of sp³-hybridized carbons (Fsp3) is 0.667. The van der Waals surface area contributed by atoms with E-state index in [4.69, 9.17) is 0 Å². The van der Waals surface area contributed by atoms with Gasteiger partial charge in [-0.1, -0.05) is 0 Å². The van der Waals surface area contributed by atoms with Gasteiger partial charge < -0.3 is 0 Å². The first-order chi connectivity index (χ1) is 19.7. The van der Waals surface area contributed by atoms with Gasteiger partial charge in [0, 0.05) is 0 Å². The molecule has 2 nitrogen and oxygen atoms in total. The van der Waals surface area contributed by atoms with Crippen LogP contribution in [0, 0.1) is 0 Å². The molecule has 7 heteroatoms. The summed E-state index contributed by atoms with van der Waals surface area (Å²) in [6, 6.07) is 9.43. The Morgan fingerprint density at radius 1 is 0.628 bits per heavy atom. The Bertz CT molecular complexity index is 1330. The maximum absolute atomic E-state index is 11.7. The van der Waals surface area contributed by atoms with Crippen LogP contribution in [0.15, 0.2) is 24.3 Å². The number of phenols is 2. The topological polar surface area (TPSA) is 40.5 Å². The summed E-state index contributed by atoms with van der Waals surface area (Å²) in [6.45, 7) is 28.1.